The smallest absolute Gasteiger partial charge is 0.213 e. The van der Waals surface area contributed by atoms with Gasteiger partial charge < -0.3 is 29.9 Å². The molecule has 154 valence electrons. The summed E-state index contributed by atoms with van der Waals surface area (Å²) in [5.41, 5.74) is -10.1. The molecule has 0 aromatic rings. The summed E-state index contributed by atoms with van der Waals surface area (Å²) < 4.78 is 10.4. The quantitative estimate of drug-likeness (QED) is 0.302. The van der Waals surface area contributed by atoms with E-state index in [1.807, 2.05) is 0 Å². The molecule has 0 aromatic carbocycles. The van der Waals surface area contributed by atoms with E-state index in [0.717, 1.165) is 27.7 Å². The van der Waals surface area contributed by atoms with Crippen LogP contribution in [0.25, 0.3) is 0 Å². The Balaban J connectivity index is 3.87. The van der Waals surface area contributed by atoms with Crippen molar-refractivity contribution in [3.63, 3.8) is 0 Å². The summed E-state index contributed by atoms with van der Waals surface area (Å²) in [7, 11) is 0. The molecule has 10 nitrogen and oxygen atoms in total. The van der Waals surface area contributed by atoms with E-state index < -0.39 is 58.4 Å². The molecular weight excluding hydrogens is 432 g/mol. The summed E-state index contributed by atoms with van der Waals surface area (Å²) in [6.45, 7) is 3.07. The summed E-state index contributed by atoms with van der Waals surface area (Å²) in [5, 5.41) is 42.9. The fraction of sp³-hybridized carbons (Fsp3) is 0.750. The SMILES string of the molecule is CC(=O)[C@@]1(O)[C@@](O)(C(C)=O)[C@@H](OCCBr)O[C@H](C(=O)C(C)O)[C@]1(O)C(C)=O. The van der Waals surface area contributed by atoms with Crippen molar-refractivity contribution in [3.8, 4) is 0 Å². The molecule has 0 amide bonds. The van der Waals surface area contributed by atoms with Crippen molar-refractivity contribution in [2.45, 2.75) is 63.0 Å². The molecule has 1 heterocycles. The first-order valence-electron chi connectivity index (χ1n) is 7.99. The van der Waals surface area contributed by atoms with Crippen LogP contribution in [0.1, 0.15) is 27.7 Å². The van der Waals surface area contributed by atoms with Gasteiger partial charge in [0.25, 0.3) is 0 Å². The van der Waals surface area contributed by atoms with Crippen molar-refractivity contribution in [3.05, 3.63) is 0 Å². The first-order chi connectivity index (χ1) is 12.2. The number of hydrogen-bond acceptors (Lipinski definition) is 10. The topological polar surface area (TPSA) is 168 Å². The number of alkyl halides is 1. The summed E-state index contributed by atoms with van der Waals surface area (Å²) in [6, 6.07) is 0. The zero-order valence-corrected chi connectivity index (χ0v) is 16.8. The van der Waals surface area contributed by atoms with E-state index in [1.54, 1.807) is 0 Å². The van der Waals surface area contributed by atoms with Crippen molar-refractivity contribution in [1.82, 2.24) is 0 Å². The Morgan fingerprint density at radius 2 is 1.52 bits per heavy atom. The molecule has 1 aliphatic heterocycles. The summed E-state index contributed by atoms with van der Waals surface area (Å²) in [4.78, 5) is 49.2. The van der Waals surface area contributed by atoms with E-state index in [0.29, 0.717) is 0 Å². The van der Waals surface area contributed by atoms with Crippen molar-refractivity contribution in [1.29, 1.82) is 0 Å². The van der Waals surface area contributed by atoms with Crippen molar-refractivity contribution >= 4 is 39.1 Å². The molecule has 1 fully saturated rings. The number of hydrogen-bond donors (Lipinski definition) is 4. The molecule has 0 bridgehead atoms. The van der Waals surface area contributed by atoms with Gasteiger partial charge >= 0.3 is 0 Å². The van der Waals surface area contributed by atoms with Crippen LogP contribution < -0.4 is 0 Å². The van der Waals surface area contributed by atoms with Gasteiger partial charge in [0, 0.05) is 5.33 Å². The molecule has 1 unspecified atom stereocenters. The van der Waals surface area contributed by atoms with Gasteiger partial charge in [-0.1, -0.05) is 15.9 Å². The standard InChI is InChI=1S/C16H23BrO10/c1-7(18)11(22)12-14(23,8(2)19)16(25,10(4)21)15(24,9(3)20)13(27-12)26-6-5-17/h7,12-13,18,23-25H,5-6H2,1-4H3/t7?,12-,13+,14-,15-,16+/m1/s1. The summed E-state index contributed by atoms with van der Waals surface area (Å²) >= 11 is 3.03. The lowest BCUT2D eigenvalue weighted by molar-refractivity contribution is -0.358. The number of carbonyl (C=O) groups excluding carboxylic acids is 4. The Hall–Kier alpha value is -1.08. The van der Waals surface area contributed by atoms with Crippen LogP contribution in [0.15, 0.2) is 0 Å². The number of Topliss-reactive ketones (excluding diaryl/α,β-unsaturated/α-hetero) is 4. The first-order valence-corrected chi connectivity index (χ1v) is 9.11. The summed E-state index contributed by atoms with van der Waals surface area (Å²) in [6.07, 6.45) is -6.14. The minimum absolute atomic E-state index is 0.186. The number of aliphatic hydroxyl groups is 4. The predicted molar refractivity (Wildman–Crippen MR) is 92.0 cm³/mol. The normalized spacial score (nSPS) is 37.5. The van der Waals surface area contributed by atoms with E-state index in [4.69, 9.17) is 9.47 Å². The largest absolute Gasteiger partial charge is 0.386 e. The maximum atomic E-state index is 12.4. The highest BCUT2D eigenvalue weighted by molar-refractivity contribution is 9.09. The minimum atomic E-state index is -3.48. The van der Waals surface area contributed by atoms with Gasteiger partial charge in [-0.05, 0) is 27.7 Å². The second-order valence-electron chi connectivity index (χ2n) is 6.40. The molecule has 0 radical (unpaired) electrons. The summed E-state index contributed by atoms with van der Waals surface area (Å²) in [5.74, 6) is -5.22. The maximum absolute atomic E-state index is 12.4. The molecule has 27 heavy (non-hydrogen) atoms. The number of aliphatic hydroxyl groups excluding tert-OH is 1. The van der Waals surface area contributed by atoms with Crippen molar-refractivity contribution in [2.24, 2.45) is 0 Å². The van der Waals surface area contributed by atoms with E-state index in [-0.39, 0.29) is 11.9 Å². The van der Waals surface area contributed by atoms with Gasteiger partial charge in [-0.25, -0.2) is 0 Å². The Bertz CT molecular complexity index is 649. The van der Waals surface area contributed by atoms with Gasteiger partial charge in [0.2, 0.25) is 11.2 Å². The van der Waals surface area contributed by atoms with Crippen LogP contribution in [-0.4, -0.2) is 90.8 Å². The molecule has 6 atom stereocenters. The predicted octanol–water partition coefficient (Wildman–Crippen LogP) is -1.97. The van der Waals surface area contributed by atoms with Crippen LogP contribution in [0.3, 0.4) is 0 Å². The molecule has 0 aromatic heterocycles. The third-order valence-electron chi connectivity index (χ3n) is 4.68. The van der Waals surface area contributed by atoms with Crippen LogP contribution in [0.5, 0.6) is 0 Å². The molecule has 0 aliphatic carbocycles. The Labute approximate surface area is 163 Å². The van der Waals surface area contributed by atoms with Gasteiger partial charge in [-0.3, -0.25) is 19.2 Å². The van der Waals surface area contributed by atoms with Crippen LogP contribution in [0.4, 0.5) is 0 Å². The van der Waals surface area contributed by atoms with Gasteiger partial charge in [0.1, 0.15) is 6.10 Å². The Morgan fingerprint density at radius 3 is 1.85 bits per heavy atom. The fourth-order valence-electron chi connectivity index (χ4n) is 3.17. The van der Waals surface area contributed by atoms with Crippen molar-refractivity contribution < 1.29 is 49.1 Å². The first kappa shape index (κ1) is 24.0. The van der Waals surface area contributed by atoms with E-state index in [2.05, 4.69) is 15.9 Å². The molecule has 1 rings (SSSR count). The molecule has 11 heteroatoms. The molecule has 1 aliphatic rings. The lowest BCUT2D eigenvalue weighted by Crippen LogP contribution is -2.87. The van der Waals surface area contributed by atoms with Gasteiger partial charge in [-0.15, -0.1) is 0 Å². The third kappa shape index (κ3) is 3.31. The zero-order chi connectivity index (χ0) is 21.4. The average Bonchev–Trinajstić information content (AvgIpc) is 2.57. The van der Waals surface area contributed by atoms with Crippen molar-refractivity contribution in [2.75, 3.05) is 11.9 Å². The highest BCUT2D eigenvalue weighted by Gasteiger charge is 2.79. The zero-order valence-electron chi connectivity index (χ0n) is 15.3. The second-order valence-corrected chi connectivity index (χ2v) is 7.19. The molecule has 1 saturated heterocycles. The van der Waals surface area contributed by atoms with Crippen LogP contribution >= 0.6 is 15.9 Å². The average molecular weight is 455 g/mol. The highest BCUT2D eigenvalue weighted by Crippen LogP contribution is 2.47. The molecule has 0 spiro atoms. The van der Waals surface area contributed by atoms with E-state index in [9.17, 15) is 39.6 Å². The van der Waals surface area contributed by atoms with E-state index in [1.165, 1.54) is 0 Å². The van der Waals surface area contributed by atoms with E-state index >= 15 is 0 Å². The highest BCUT2D eigenvalue weighted by atomic mass is 79.9. The third-order valence-corrected chi connectivity index (χ3v) is 5.01. The fourth-order valence-corrected chi connectivity index (χ4v) is 3.36. The van der Waals surface area contributed by atoms with Crippen LogP contribution in [0, 0.1) is 0 Å². The Morgan fingerprint density at radius 1 is 1.04 bits per heavy atom. The van der Waals surface area contributed by atoms with Gasteiger partial charge in [-0.2, -0.15) is 0 Å². The van der Waals surface area contributed by atoms with Crippen LogP contribution in [-0.2, 0) is 28.7 Å². The lowest BCUT2D eigenvalue weighted by atomic mass is 9.60. The molecule has 4 N–H and O–H groups in total. The lowest BCUT2D eigenvalue weighted by Gasteiger charge is -2.57. The van der Waals surface area contributed by atoms with Crippen LogP contribution in [0.2, 0.25) is 0 Å². The second kappa shape index (κ2) is 8.11. The maximum Gasteiger partial charge on any atom is 0.213 e. The molecular formula is C16H23BrO10. The minimum Gasteiger partial charge on any atom is -0.386 e. The number of ether oxygens (including phenoxy) is 2. The number of carbonyl (C=O) groups is 4. The van der Waals surface area contributed by atoms with Gasteiger partial charge in [0.15, 0.2) is 41.1 Å². The number of rotatable bonds is 8. The number of halogens is 1. The van der Waals surface area contributed by atoms with Gasteiger partial charge in [0.05, 0.1) is 6.61 Å². The molecule has 0 saturated carbocycles. The monoisotopic (exact) mass is 454 g/mol. The Kier molecular flexibility index (Phi) is 7.20. The number of ketones is 4.